The summed E-state index contributed by atoms with van der Waals surface area (Å²) >= 11 is 1.67. The highest BCUT2D eigenvalue weighted by Crippen LogP contribution is 2.26. The molecule has 1 aliphatic rings. The fraction of sp³-hybridized carbons (Fsp3) is 0.444. The minimum atomic E-state index is 0.0550. The lowest BCUT2D eigenvalue weighted by Crippen LogP contribution is -2.38. The van der Waals surface area contributed by atoms with E-state index in [2.05, 4.69) is 20.6 Å². The SMILES string of the molecule is Cc1csc(N2CCC(C(=O)Nc3ccc(CCO)cc3)CC2)n1. The van der Waals surface area contributed by atoms with Gasteiger partial charge in [-0.15, -0.1) is 11.3 Å². The molecule has 0 aliphatic carbocycles. The lowest BCUT2D eigenvalue weighted by atomic mass is 9.96. The van der Waals surface area contributed by atoms with E-state index in [1.165, 1.54) is 0 Å². The Morgan fingerprint density at radius 2 is 2.04 bits per heavy atom. The molecule has 5 nitrogen and oxygen atoms in total. The van der Waals surface area contributed by atoms with Crippen molar-refractivity contribution in [2.75, 3.05) is 29.9 Å². The molecule has 2 heterocycles. The van der Waals surface area contributed by atoms with Crippen molar-refractivity contribution in [3.8, 4) is 0 Å². The predicted octanol–water partition coefficient (Wildman–Crippen LogP) is 2.84. The summed E-state index contributed by atoms with van der Waals surface area (Å²) in [5, 5.41) is 15.1. The number of hydrogen-bond acceptors (Lipinski definition) is 5. The fourth-order valence-corrected chi connectivity index (χ4v) is 3.80. The predicted molar refractivity (Wildman–Crippen MR) is 97.6 cm³/mol. The van der Waals surface area contributed by atoms with Gasteiger partial charge in [-0.25, -0.2) is 4.98 Å². The third kappa shape index (κ3) is 4.13. The Hall–Kier alpha value is -1.92. The number of thiazole rings is 1. The molecule has 1 aromatic heterocycles. The highest BCUT2D eigenvalue weighted by atomic mass is 32.1. The van der Waals surface area contributed by atoms with E-state index in [0.29, 0.717) is 6.42 Å². The number of aliphatic hydroxyl groups excluding tert-OH is 1. The van der Waals surface area contributed by atoms with Gasteiger partial charge >= 0.3 is 0 Å². The molecule has 2 aromatic rings. The Balaban J connectivity index is 1.51. The zero-order chi connectivity index (χ0) is 16.9. The number of carbonyl (C=O) groups is 1. The number of nitrogens with zero attached hydrogens (tertiary/aromatic N) is 2. The van der Waals surface area contributed by atoms with Gasteiger partial charge in [-0.1, -0.05) is 12.1 Å². The Labute approximate surface area is 146 Å². The van der Waals surface area contributed by atoms with Crippen LogP contribution in [0.25, 0.3) is 0 Å². The van der Waals surface area contributed by atoms with E-state index in [1.54, 1.807) is 11.3 Å². The Morgan fingerprint density at radius 1 is 1.33 bits per heavy atom. The van der Waals surface area contributed by atoms with Crippen molar-refractivity contribution >= 4 is 28.1 Å². The second-order valence-corrected chi connectivity index (χ2v) is 7.03. The molecule has 0 radical (unpaired) electrons. The fourth-order valence-electron chi connectivity index (χ4n) is 2.95. The molecule has 0 atom stereocenters. The first-order valence-electron chi connectivity index (χ1n) is 8.33. The third-order valence-electron chi connectivity index (χ3n) is 4.37. The molecule has 24 heavy (non-hydrogen) atoms. The minimum absolute atomic E-state index is 0.0550. The largest absolute Gasteiger partial charge is 0.396 e. The molecule has 0 spiro atoms. The standard InChI is InChI=1S/C18H23N3O2S/c1-13-12-24-18(19-13)21-9-6-15(7-10-21)17(23)20-16-4-2-14(3-5-16)8-11-22/h2-5,12,15,22H,6-11H2,1H3,(H,20,23). The molecule has 0 unspecified atom stereocenters. The number of hydrogen-bond donors (Lipinski definition) is 2. The van der Waals surface area contributed by atoms with E-state index in [1.807, 2.05) is 31.2 Å². The first-order chi connectivity index (χ1) is 11.7. The molecule has 1 amide bonds. The summed E-state index contributed by atoms with van der Waals surface area (Å²) in [5.74, 6) is 0.152. The normalized spacial score (nSPS) is 15.5. The van der Waals surface area contributed by atoms with Gasteiger partial charge in [0.15, 0.2) is 5.13 Å². The molecule has 0 saturated carbocycles. The Kier molecular flexibility index (Phi) is 5.48. The molecule has 0 bridgehead atoms. The van der Waals surface area contributed by atoms with Gasteiger partial charge in [0.2, 0.25) is 5.91 Å². The molecular formula is C18H23N3O2S. The number of amides is 1. The van der Waals surface area contributed by atoms with Crippen LogP contribution >= 0.6 is 11.3 Å². The second kappa shape index (κ2) is 7.77. The molecule has 6 heteroatoms. The van der Waals surface area contributed by atoms with E-state index in [0.717, 1.165) is 48.0 Å². The van der Waals surface area contributed by atoms with Crippen molar-refractivity contribution in [1.29, 1.82) is 0 Å². The van der Waals surface area contributed by atoms with Crippen LogP contribution in [0.2, 0.25) is 0 Å². The summed E-state index contributed by atoms with van der Waals surface area (Å²) in [6.45, 7) is 3.90. The van der Waals surface area contributed by atoms with Crippen LogP contribution in [0.5, 0.6) is 0 Å². The van der Waals surface area contributed by atoms with Crippen LogP contribution in [0.15, 0.2) is 29.6 Å². The first kappa shape index (κ1) is 16.9. The maximum Gasteiger partial charge on any atom is 0.227 e. The van der Waals surface area contributed by atoms with E-state index in [4.69, 9.17) is 5.11 Å². The zero-order valence-corrected chi connectivity index (χ0v) is 14.7. The van der Waals surface area contributed by atoms with Gasteiger partial charge in [0, 0.05) is 36.7 Å². The van der Waals surface area contributed by atoms with Crippen LogP contribution in [0.3, 0.4) is 0 Å². The molecular weight excluding hydrogens is 322 g/mol. The summed E-state index contributed by atoms with van der Waals surface area (Å²) in [7, 11) is 0. The van der Waals surface area contributed by atoms with Crippen molar-refractivity contribution < 1.29 is 9.90 Å². The van der Waals surface area contributed by atoms with Gasteiger partial charge in [0.1, 0.15) is 0 Å². The summed E-state index contributed by atoms with van der Waals surface area (Å²) in [4.78, 5) is 19.2. The van der Waals surface area contributed by atoms with E-state index >= 15 is 0 Å². The van der Waals surface area contributed by atoms with Gasteiger partial charge in [0.05, 0.1) is 5.69 Å². The summed E-state index contributed by atoms with van der Waals surface area (Å²) in [5.41, 5.74) is 2.95. The third-order valence-corrected chi connectivity index (χ3v) is 5.38. The van der Waals surface area contributed by atoms with Crippen LogP contribution in [0.1, 0.15) is 24.1 Å². The van der Waals surface area contributed by atoms with Gasteiger partial charge in [0.25, 0.3) is 0 Å². The topological polar surface area (TPSA) is 65.5 Å². The van der Waals surface area contributed by atoms with Crippen molar-refractivity contribution in [3.63, 3.8) is 0 Å². The maximum absolute atomic E-state index is 12.4. The molecule has 1 aliphatic heterocycles. The number of aryl methyl sites for hydroxylation is 1. The Morgan fingerprint density at radius 3 is 2.62 bits per heavy atom. The molecule has 1 fully saturated rings. The molecule has 1 saturated heterocycles. The molecule has 1 aromatic carbocycles. The minimum Gasteiger partial charge on any atom is -0.396 e. The Bertz CT molecular complexity index is 676. The van der Waals surface area contributed by atoms with Crippen LogP contribution in [0.4, 0.5) is 10.8 Å². The molecule has 3 rings (SSSR count). The van der Waals surface area contributed by atoms with Crippen LogP contribution in [0, 0.1) is 12.8 Å². The summed E-state index contributed by atoms with van der Waals surface area (Å²) in [6.07, 6.45) is 2.35. The highest BCUT2D eigenvalue weighted by Gasteiger charge is 2.26. The van der Waals surface area contributed by atoms with Crippen molar-refractivity contribution in [2.45, 2.75) is 26.2 Å². The second-order valence-electron chi connectivity index (χ2n) is 6.19. The smallest absolute Gasteiger partial charge is 0.227 e. The van der Waals surface area contributed by atoms with Gasteiger partial charge in [-0.3, -0.25) is 4.79 Å². The van der Waals surface area contributed by atoms with Crippen molar-refractivity contribution in [3.05, 3.63) is 40.9 Å². The van der Waals surface area contributed by atoms with E-state index in [-0.39, 0.29) is 18.4 Å². The van der Waals surface area contributed by atoms with Gasteiger partial charge in [-0.05, 0) is 43.9 Å². The zero-order valence-electron chi connectivity index (χ0n) is 13.9. The van der Waals surface area contributed by atoms with Crippen molar-refractivity contribution in [2.24, 2.45) is 5.92 Å². The number of benzene rings is 1. The first-order valence-corrected chi connectivity index (χ1v) is 9.21. The number of piperidine rings is 1. The summed E-state index contributed by atoms with van der Waals surface area (Å²) < 4.78 is 0. The van der Waals surface area contributed by atoms with Crippen molar-refractivity contribution in [1.82, 2.24) is 4.98 Å². The molecule has 128 valence electrons. The van der Waals surface area contributed by atoms with Crippen LogP contribution in [-0.4, -0.2) is 35.7 Å². The van der Waals surface area contributed by atoms with E-state index < -0.39 is 0 Å². The van der Waals surface area contributed by atoms with Gasteiger partial charge in [-0.2, -0.15) is 0 Å². The number of aliphatic hydroxyl groups is 1. The van der Waals surface area contributed by atoms with Gasteiger partial charge < -0.3 is 15.3 Å². The average Bonchev–Trinajstić information content (AvgIpc) is 3.03. The highest BCUT2D eigenvalue weighted by molar-refractivity contribution is 7.13. The van der Waals surface area contributed by atoms with Crippen LogP contribution in [-0.2, 0) is 11.2 Å². The number of anilines is 2. The summed E-state index contributed by atoms with van der Waals surface area (Å²) in [6, 6.07) is 7.69. The van der Waals surface area contributed by atoms with E-state index in [9.17, 15) is 4.79 Å². The number of rotatable bonds is 5. The lowest BCUT2D eigenvalue weighted by molar-refractivity contribution is -0.120. The average molecular weight is 345 g/mol. The maximum atomic E-state index is 12.4. The molecule has 2 N–H and O–H groups in total. The number of aromatic nitrogens is 1. The number of carbonyl (C=O) groups excluding carboxylic acids is 1. The lowest BCUT2D eigenvalue weighted by Gasteiger charge is -2.31. The quantitative estimate of drug-likeness (QED) is 0.874. The monoisotopic (exact) mass is 345 g/mol. The van der Waals surface area contributed by atoms with Crippen LogP contribution < -0.4 is 10.2 Å². The number of nitrogens with one attached hydrogen (secondary N) is 1.